The fraction of sp³-hybridized carbons (Fsp3) is 0.647. The number of rotatable bonds is 6. The largest absolute Gasteiger partial charge is 0.496 e. The second-order valence-electron chi connectivity index (χ2n) is 5.92. The summed E-state index contributed by atoms with van der Waals surface area (Å²) >= 11 is 3.61. The van der Waals surface area contributed by atoms with Crippen molar-refractivity contribution < 1.29 is 4.74 Å². The van der Waals surface area contributed by atoms with Crippen LogP contribution in [0.1, 0.15) is 37.8 Å². The van der Waals surface area contributed by atoms with Crippen LogP contribution in [0.25, 0.3) is 0 Å². The summed E-state index contributed by atoms with van der Waals surface area (Å²) in [6, 6.07) is 6.77. The summed E-state index contributed by atoms with van der Waals surface area (Å²) < 4.78 is 6.73. The zero-order valence-electron chi connectivity index (χ0n) is 13.4. The molecule has 1 N–H and O–H groups in total. The van der Waals surface area contributed by atoms with Crippen molar-refractivity contribution in [1.82, 2.24) is 10.2 Å². The van der Waals surface area contributed by atoms with Crippen LogP contribution in [-0.4, -0.2) is 38.7 Å². The first kappa shape index (κ1) is 16.8. The summed E-state index contributed by atoms with van der Waals surface area (Å²) in [5.74, 6) is 1.64. The zero-order valence-corrected chi connectivity index (χ0v) is 14.9. The second-order valence-corrected chi connectivity index (χ2v) is 6.83. The van der Waals surface area contributed by atoms with E-state index in [9.17, 15) is 0 Å². The Morgan fingerprint density at radius 3 is 2.95 bits per heavy atom. The van der Waals surface area contributed by atoms with Crippen molar-refractivity contribution in [3.63, 3.8) is 0 Å². The van der Waals surface area contributed by atoms with Crippen molar-refractivity contribution in [2.24, 2.45) is 5.92 Å². The molecule has 1 aliphatic rings. The van der Waals surface area contributed by atoms with Crippen LogP contribution in [0.2, 0.25) is 0 Å². The Labute approximate surface area is 137 Å². The van der Waals surface area contributed by atoms with Gasteiger partial charge in [-0.1, -0.05) is 22.9 Å². The Balaban J connectivity index is 2.24. The second kappa shape index (κ2) is 8.16. The predicted molar refractivity (Wildman–Crippen MR) is 91.9 cm³/mol. The molecule has 2 rings (SSSR count). The van der Waals surface area contributed by atoms with E-state index in [-0.39, 0.29) is 0 Å². The van der Waals surface area contributed by atoms with Crippen LogP contribution in [0, 0.1) is 5.92 Å². The van der Waals surface area contributed by atoms with Crippen LogP contribution in [0.4, 0.5) is 0 Å². The zero-order chi connectivity index (χ0) is 15.2. The molecule has 118 valence electrons. The van der Waals surface area contributed by atoms with Crippen LogP contribution < -0.4 is 10.1 Å². The normalized spacial score (nSPS) is 23.2. The monoisotopic (exact) mass is 354 g/mol. The Hall–Kier alpha value is -0.580. The van der Waals surface area contributed by atoms with E-state index in [0.29, 0.717) is 12.0 Å². The minimum absolute atomic E-state index is 0.426. The molecule has 2 unspecified atom stereocenters. The number of piperidine rings is 1. The molecule has 21 heavy (non-hydrogen) atoms. The highest BCUT2D eigenvalue weighted by Gasteiger charge is 2.32. The van der Waals surface area contributed by atoms with Crippen molar-refractivity contribution in [3.8, 4) is 5.75 Å². The maximum atomic E-state index is 5.61. The van der Waals surface area contributed by atoms with Gasteiger partial charge in [0.25, 0.3) is 0 Å². The SMILES string of the molecule is CCCNCC1CCCN(C)C1c1cc(Br)ccc1OC. The first-order valence-electron chi connectivity index (χ1n) is 7.91. The van der Waals surface area contributed by atoms with Crippen molar-refractivity contribution in [3.05, 3.63) is 28.2 Å². The van der Waals surface area contributed by atoms with E-state index in [0.717, 1.165) is 29.9 Å². The Bertz CT molecular complexity index is 452. The summed E-state index contributed by atoms with van der Waals surface area (Å²) in [7, 11) is 4.00. The number of halogens is 1. The minimum atomic E-state index is 0.426. The molecule has 1 saturated heterocycles. The van der Waals surface area contributed by atoms with Crippen LogP contribution >= 0.6 is 15.9 Å². The lowest BCUT2D eigenvalue weighted by atomic mass is 9.84. The highest BCUT2D eigenvalue weighted by Crippen LogP contribution is 2.40. The molecular weight excluding hydrogens is 328 g/mol. The van der Waals surface area contributed by atoms with E-state index in [1.165, 1.54) is 24.8 Å². The van der Waals surface area contributed by atoms with Crippen molar-refractivity contribution in [2.75, 3.05) is 33.8 Å². The molecule has 4 heteroatoms. The summed E-state index contributed by atoms with van der Waals surface area (Å²) in [6.07, 6.45) is 3.75. The van der Waals surface area contributed by atoms with Crippen LogP contribution in [0.5, 0.6) is 5.75 Å². The molecule has 2 atom stereocenters. The molecule has 0 saturated carbocycles. The molecule has 1 aromatic rings. The van der Waals surface area contributed by atoms with Crippen molar-refractivity contribution in [2.45, 2.75) is 32.2 Å². The first-order chi connectivity index (χ1) is 10.2. The summed E-state index contributed by atoms with van der Waals surface area (Å²) in [4.78, 5) is 2.48. The molecule has 0 spiro atoms. The van der Waals surface area contributed by atoms with E-state index in [4.69, 9.17) is 4.74 Å². The lowest BCUT2D eigenvalue weighted by Crippen LogP contribution is -2.40. The van der Waals surface area contributed by atoms with Gasteiger partial charge in [-0.25, -0.2) is 0 Å². The third-order valence-corrected chi connectivity index (χ3v) is 4.84. The molecule has 1 fully saturated rings. The summed E-state index contributed by atoms with van der Waals surface area (Å²) in [5.41, 5.74) is 1.30. The van der Waals surface area contributed by atoms with Gasteiger partial charge >= 0.3 is 0 Å². The van der Waals surface area contributed by atoms with Crippen LogP contribution in [-0.2, 0) is 0 Å². The van der Waals surface area contributed by atoms with E-state index < -0.39 is 0 Å². The van der Waals surface area contributed by atoms with Gasteiger partial charge in [0, 0.05) is 16.1 Å². The van der Waals surface area contributed by atoms with Crippen molar-refractivity contribution in [1.29, 1.82) is 0 Å². The number of nitrogens with zero attached hydrogens (tertiary/aromatic N) is 1. The van der Waals surface area contributed by atoms with Gasteiger partial charge in [0.1, 0.15) is 5.75 Å². The lowest BCUT2D eigenvalue weighted by Gasteiger charge is -2.40. The number of ether oxygens (including phenoxy) is 1. The smallest absolute Gasteiger partial charge is 0.123 e. The molecule has 1 aromatic carbocycles. The number of methoxy groups -OCH3 is 1. The summed E-state index contributed by atoms with van der Waals surface area (Å²) in [6.45, 7) is 5.56. The minimum Gasteiger partial charge on any atom is -0.496 e. The van der Waals surface area contributed by atoms with Gasteiger partial charge in [-0.3, -0.25) is 4.90 Å². The molecule has 0 aliphatic carbocycles. The predicted octanol–water partition coefficient (Wildman–Crippen LogP) is 3.84. The first-order valence-corrected chi connectivity index (χ1v) is 8.71. The van der Waals surface area contributed by atoms with Crippen LogP contribution in [0.3, 0.4) is 0 Å². The Morgan fingerprint density at radius 2 is 2.24 bits per heavy atom. The highest BCUT2D eigenvalue weighted by molar-refractivity contribution is 9.10. The topological polar surface area (TPSA) is 24.5 Å². The number of hydrogen-bond acceptors (Lipinski definition) is 3. The molecule has 0 amide bonds. The average Bonchev–Trinajstić information content (AvgIpc) is 2.48. The Morgan fingerprint density at radius 1 is 1.43 bits per heavy atom. The molecular formula is C17H27BrN2O. The maximum Gasteiger partial charge on any atom is 0.123 e. The fourth-order valence-corrected chi connectivity index (χ4v) is 3.74. The molecule has 0 aromatic heterocycles. The van der Waals surface area contributed by atoms with E-state index in [1.54, 1.807) is 7.11 Å². The summed E-state index contributed by atoms with van der Waals surface area (Å²) in [5, 5.41) is 3.60. The standard InChI is InChI=1S/C17H27BrN2O/c1-4-9-19-12-13-6-5-10-20(2)17(13)15-11-14(18)7-8-16(15)21-3/h7-8,11,13,17,19H,4-6,9-10,12H2,1-3H3. The molecule has 0 radical (unpaired) electrons. The van der Waals surface area contributed by atoms with Gasteiger partial charge < -0.3 is 10.1 Å². The molecule has 1 aliphatic heterocycles. The van der Waals surface area contributed by atoms with Gasteiger partial charge in [-0.05, 0) is 70.1 Å². The lowest BCUT2D eigenvalue weighted by molar-refractivity contribution is 0.117. The molecule has 0 bridgehead atoms. The molecule has 1 heterocycles. The van der Waals surface area contributed by atoms with Crippen molar-refractivity contribution >= 4 is 15.9 Å². The van der Waals surface area contributed by atoms with Gasteiger partial charge in [0.15, 0.2) is 0 Å². The van der Waals surface area contributed by atoms with Crippen LogP contribution in [0.15, 0.2) is 22.7 Å². The van der Waals surface area contributed by atoms with Gasteiger partial charge in [0.2, 0.25) is 0 Å². The third kappa shape index (κ3) is 4.21. The number of nitrogens with one attached hydrogen (secondary N) is 1. The average molecular weight is 355 g/mol. The van der Waals surface area contributed by atoms with E-state index in [1.807, 2.05) is 0 Å². The van der Waals surface area contributed by atoms with E-state index >= 15 is 0 Å². The highest BCUT2D eigenvalue weighted by atomic mass is 79.9. The van der Waals surface area contributed by atoms with Gasteiger partial charge in [-0.2, -0.15) is 0 Å². The van der Waals surface area contributed by atoms with Gasteiger partial charge in [0.05, 0.1) is 7.11 Å². The quantitative estimate of drug-likeness (QED) is 0.785. The molecule has 3 nitrogen and oxygen atoms in total. The fourth-order valence-electron chi connectivity index (χ4n) is 3.37. The maximum absolute atomic E-state index is 5.61. The number of benzene rings is 1. The van der Waals surface area contributed by atoms with E-state index in [2.05, 4.69) is 58.3 Å². The third-order valence-electron chi connectivity index (χ3n) is 4.35. The number of likely N-dealkylation sites (tertiary alicyclic amines) is 1. The van der Waals surface area contributed by atoms with Gasteiger partial charge in [-0.15, -0.1) is 0 Å². The Kier molecular flexibility index (Phi) is 6.52. The number of hydrogen-bond donors (Lipinski definition) is 1.